The maximum absolute atomic E-state index is 4.32. The summed E-state index contributed by atoms with van der Waals surface area (Å²) in [6.45, 7) is 6.30. The molecule has 1 aromatic heterocycles. The van der Waals surface area contributed by atoms with E-state index in [0.29, 0.717) is 0 Å². The van der Waals surface area contributed by atoms with Crippen molar-refractivity contribution in [1.29, 1.82) is 0 Å². The van der Waals surface area contributed by atoms with E-state index in [9.17, 15) is 0 Å². The SMILES string of the molecule is Cc1c[n+](C)c(/N=N/c2ccc(N3CCNCC3)cc2)s1. The van der Waals surface area contributed by atoms with Crippen molar-refractivity contribution in [3.05, 3.63) is 35.3 Å². The Balaban J connectivity index is 1.70. The van der Waals surface area contributed by atoms with Crippen molar-refractivity contribution < 1.29 is 4.57 Å². The van der Waals surface area contributed by atoms with E-state index in [2.05, 4.69) is 45.7 Å². The third kappa shape index (κ3) is 3.46. The Morgan fingerprint density at radius 1 is 1.14 bits per heavy atom. The highest BCUT2D eigenvalue weighted by atomic mass is 32.1. The number of hydrogen-bond acceptors (Lipinski definition) is 5. The zero-order chi connectivity index (χ0) is 14.7. The standard InChI is InChI=1S/C15H20N5S/c1-12-11-19(2)15(21-12)18-17-13-3-5-14(6-4-13)20-9-7-16-8-10-20/h3-6,11,16H,7-10H2,1-2H3/q+1. The average molecular weight is 302 g/mol. The Morgan fingerprint density at radius 3 is 2.48 bits per heavy atom. The van der Waals surface area contributed by atoms with Crippen molar-refractivity contribution in [1.82, 2.24) is 5.32 Å². The zero-order valence-corrected chi connectivity index (χ0v) is 13.2. The lowest BCUT2D eigenvalue weighted by Crippen LogP contribution is -2.43. The van der Waals surface area contributed by atoms with Gasteiger partial charge in [-0.1, -0.05) is 0 Å². The number of aryl methyl sites for hydroxylation is 2. The van der Waals surface area contributed by atoms with Gasteiger partial charge in [-0.15, -0.1) is 0 Å². The van der Waals surface area contributed by atoms with Crippen molar-refractivity contribution in [3.63, 3.8) is 0 Å². The molecule has 1 aromatic carbocycles. The molecule has 1 saturated heterocycles. The summed E-state index contributed by atoms with van der Waals surface area (Å²) < 4.78 is 2.00. The molecule has 110 valence electrons. The van der Waals surface area contributed by atoms with E-state index < -0.39 is 0 Å². The second-order valence-electron chi connectivity index (χ2n) is 5.19. The second kappa shape index (κ2) is 6.32. The molecule has 5 nitrogen and oxygen atoms in total. The smallest absolute Gasteiger partial charge is 0.369 e. The van der Waals surface area contributed by atoms with Gasteiger partial charge < -0.3 is 10.2 Å². The van der Waals surface area contributed by atoms with Crippen molar-refractivity contribution in [2.75, 3.05) is 31.1 Å². The van der Waals surface area contributed by atoms with Gasteiger partial charge in [0.15, 0.2) is 0 Å². The van der Waals surface area contributed by atoms with Gasteiger partial charge in [0, 0.05) is 36.7 Å². The molecule has 0 spiro atoms. The summed E-state index contributed by atoms with van der Waals surface area (Å²) in [6, 6.07) is 8.31. The third-order valence-corrected chi connectivity index (χ3v) is 4.49. The minimum atomic E-state index is 0.889. The number of hydrogen-bond donors (Lipinski definition) is 1. The van der Waals surface area contributed by atoms with Crippen molar-refractivity contribution in [2.45, 2.75) is 6.92 Å². The van der Waals surface area contributed by atoms with Crippen LogP contribution in [-0.4, -0.2) is 26.2 Å². The van der Waals surface area contributed by atoms with Crippen LogP contribution in [0.1, 0.15) is 4.88 Å². The molecule has 3 rings (SSSR count). The van der Waals surface area contributed by atoms with Crippen molar-refractivity contribution in [3.8, 4) is 0 Å². The van der Waals surface area contributed by atoms with Crippen LogP contribution in [-0.2, 0) is 7.05 Å². The molecule has 0 radical (unpaired) electrons. The summed E-state index contributed by atoms with van der Waals surface area (Å²) in [5, 5.41) is 12.9. The van der Waals surface area contributed by atoms with Crippen LogP contribution in [0.4, 0.5) is 16.5 Å². The topological polar surface area (TPSA) is 43.9 Å². The number of nitrogens with one attached hydrogen (secondary N) is 1. The number of aromatic nitrogens is 1. The van der Waals surface area contributed by atoms with Crippen LogP contribution in [0.2, 0.25) is 0 Å². The molecule has 0 bridgehead atoms. The number of azo groups is 1. The number of nitrogens with zero attached hydrogens (tertiary/aromatic N) is 4. The van der Waals surface area contributed by atoms with E-state index in [-0.39, 0.29) is 0 Å². The molecule has 6 heteroatoms. The molecule has 1 aliphatic heterocycles. The van der Waals surface area contributed by atoms with Crippen molar-refractivity contribution in [2.24, 2.45) is 17.3 Å². The average Bonchev–Trinajstić information content (AvgIpc) is 2.84. The molecule has 2 heterocycles. The summed E-state index contributed by atoms with van der Waals surface area (Å²) in [6.07, 6.45) is 2.06. The van der Waals surface area contributed by atoms with Gasteiger partial charge in [-0.2, -0.15) is 0 Å². The lowest BCUT2D eigenvalue weighted by molar-refractivity contribution is -0.654. The predicted octanol–water partition coefficient (Wildman–Crippen LogP) is 2.71. The Bertz CT molecular complexity index is 626. The summed E-state index contributed by atoms with van der Waals surface area (Å²) in [4.78, 5) is 3.63. The normalized spacial score (nSPS) is 15.8. The van der Waals surface area contributed by atoms with Gasteiger partial charge in [0.25, 0.3) is 0 Å². The number of piperazine rings is 1. The van der Waals surface area contributed by atoms with Crippen LogP contribution < -0.4 is 14.8 Å². The molecule has 1 N–H and O–H groups in total. The van der Waals surface area contributed by atoms with Gasteiger partial charge >= 0.3 is 5.13 Å². The molecular formula is C15H20N5S+. The number of rotatable bonds is 3. The van der Waals surface area contributed by atoms with E-state index in [0.717, 1.165) is 37.0 Å². The molecule has 21 heavy (non-hydrogen) atoms. The monoisotopic (exact) mass is 302 g/mol. The molecule has 0 aliphatic carbocycles. The molecule has 2 aromatic rings. The van der Waals surface area contributed by atoms with E-state index >= 15 is 0 Å². The van der Waals surface area contributed by atoms with Gasteiger partial charge in [-0.25, -0.2) is 4.57 Å². The second-order valence-corrected chi connectivity index (χ2v) is 6.40. The van der Waals surface area contributed by atoms with E-state index in [1.165, 1.54) is 10.6 Å². The highest BCUT2D eigenvalue weighted by Gasteiger charge is 2.12. The third-order valence-electron chi connectivity index (χ3n) is 3.51. The number of benzene rings is 1. The van der Waals surface area contributed by atoms with Crippen LogP contribution in [0, 0.1) is 6.92 Å². The highest BCUT2D eigenvalue weighted by Crippen LogP contribution is 2.23. The predicted molar refractivity (Wildman–Crippen MR) is 85.9 cm³/mol. The summed E-state index contributed by atoms with van der Waals surface area (Å²) in [5.74, 6) is 0. The van der Waals surface area contributed by atoms with Crippen LogP contribution in [0.3, 0.4) is 0 Å². The Kier molecular flexibility index (Phi) is 4.26. The van der Waals surface area contributed by atoms with E-state index in [1.807, 2.05) is 23.7 Å². The minimum Gasteiger partial charge on any atom is -0.369 e. The lowest BCUT2D eigenvalue weighted by Gasteiger charge is -2.29. The van der Waals surface area contributed by atoms with E-state index in [4.69, 9.17) is 0 Å². The largest absolute Gasteiger partial charge is 0.408 e. The maximum Gasteiger partial charge on any atom is 0.408 e. The van der Waals surface area contributed by atoms with Gasteiger partial charge in [0.2, 0.25) is 0 Å². The summed E-state index contributed by atoms with van der Waals surface area (Å²) >= 11 is 1.65. The first-order valence-corrected chi connectivity index (χ1v) is 7.97. The molecule has 1 fully saturated rings. The fourth-order valence-electron chi connectivity index (χ4n) is 2.41. The molecule has 0 unspecified atom stereocenters. The van der Waals surface area contributed by atoms with Crippen LogP contribution in [0.5, 0.6) is 0 Å². The fraction of sp³-hybridized carbons (Fsp3) is 0.400. The minimum absolute atomic E-state index is 0.889. The van der Waals surface area contributed by atoms with Crippen LogP contribution in [0.25, 0.3) is 0 Å². The van der Waals surface area contributed by atoms with Gasteiger partial charge in [0.1, 0.15) is 11.9 Å². The van der Waals surface area contributed by atoms with Crippen molar-refractivity contribution >= 4 is 27.8 Å². The number of anilines is 1. The summed E-state index contributed by atoms with van der Waals surface area (Å²) in [5.41, 5.74) is 2.15. The maximum atomic E-state index is 4.32. The molecule has 0 saturated carbocycles. The molecular weight excluding hydrogens is 282 g/mol. The van der Waals surface area contributed by atoms with Gasteiger partial charge in [-0.05, 0) is 47.6 Å². The zero-order valence-electron chi connectivity index (χ0n) is 12.4. The van der Waals surface area contributed by atoms with Crippen LogP contribution in [0.15, 0.2) is 40.7 Å². The first-order valence-electron chi connectivity index (χ1n) is 7.16. The Hall–Kier alpha value is -1.79. The van der Waals surface area contributed by atoms with E-state index in [1.54, 1.807) is 11.3 Å². The molecule has 0 amide bonds. The quantitative estimate of drug-likeness (QED) is 0.700. The Labute approximate surface area is 128 Å². The highest BCUT2D eigenvalue weighted by molar-refractivity contribution is 7.14. The first-order chi connectivity index (χ1) is 10.2. The molecule has 1 aliphatic rings. The van der Waals surface area contributed by atoms with Crippen LogP contribution >= 0.6 is 11.3 Å². The Morgan fingerprint density at radius 2 is 1.86 bits per heavy atom. The van der Waals surface area contributed by atoms with Gasteiger partial charge in [0.05, 0.1) is 12.2 Å². The fourth-order valence-corrected chi connectivity index (χ4v) is 3.19. The lowest BCUT2D eigenvalue weighted by atomic mass is 10.2. The number of thiazole rings is 1. The summed E-state index contributed by atoms with van der Waals surface area (Å²) in [7, 11) is 1.99. The molecule has 0 atom stereocenters. The first kappa shape index (κ1) is 14.2. The van der Waals surface area contributed by atoms with Gasteiger partial charge in [-0.3, -0.25) is 0 Å².